The number of thiophene rings is 1. The fraction of sp³-hybridized carbons (Fsp3) is 0.235. The van der Waals surface area contributed by atoms with E-state index in [0.717, 1.165) is 11.3 Å². The third-order valence-electron chi connectivity index (χ3n) is 3.80. The third-order valence-corrected chi connectivity index (χ3v) is 6.13. The van der Waals surface area contributed by atoms with Crippen LogP contribution in [0, 0.1) is 6.92 Å². The molecular weight excluding hydrogens is 436 g/mol. The van der Waals surface area contributed by atoms with E-state index in [9.17, 15) is 18.0 Å². The van der Waals surface area contributed by atoms with Crippen molar-refractivity contribution in [1.29, 1.82) is 0 Å². The molecule has 0 aliphatic heterocycles. The highest BCUT2D eigenvalue weighted by atomic mass is 32.2. The minimum atomic E-state index is -3.79. The maximum atomic E-state index is 12.4. The van der Waals surface area contributed by atoms with E-state index in [1.54, 1.807) is 21.0 Å². The predicted octanol–water partition coefficient (Wildman–Crippen LogP) is 2.00. The molecule has 4 N–H and O–H groups in total. The number of benzene rings is 1. The number of carbonyl (C=O) groups excluding carboxylic acids is 2. The van der Waals surface area contributed by atoms with Crippen LogP contribution in [0.3, 0.4) is 0 Å². The normalized spacial score (nSPS) is 10.9. The Kier molecular flexibility index (Phi) is 6.95. The molecule has 2 aromatic rings. The summed E-state index contributed by atoms with van der Waals surface area (Å²) in [6.07, 6.45) is 0. The molecule has 29 heavy (non-hydrogen) atoms. The molecule has 2 rings (SSSR count). The van der Waals surface area contributed by atoms with Crippen LogP contribution in [0.2, 0.25) is 0 Å². The first kappa shape index (κ1) is 22.7. The van der Waals surface area contributed by atoms with E-state index >= 15 is 0 Å². The van der Waals surface area contributed by atoms with Crippen molar-refractivity contribution >= 4 is 61.3 Å². The number of nitrogens with one attached hydrogen (secondary N) is 2. The quantitative estimate of drug-likeness (QED) is 0.460. The first-order valence-electron chi connectivity index (χ1n) is 8.10. The van der Waals surface area contributed by atoms with Gasteiger partial charge in [-0.2, -0.15) is 0 Å². The van der Waals surface area contributed by atoms with Crippen molar-refractivity contribution in [3.05, 3.63) is 40.3 Å². The van der Waals surface area contributed by atoms with Gasteiger partial charge in [0.2, 0.25) is 10.0 Å². The summed E-state index contributed by atoms with van der Waals surface area (Å²) < 4.78 is 27.5. The van der Waals surface area contributed by atoms with Crippen LogP contribution in [0.25, 0.3) is 0 Å². The van der Waals surface area contributed by atoms with Gasteiger partial charge in [0.05, 0.1) is 22.4 Å². The molecule has 156 valence electrons. The van der Waals surface area contributed by atoms with Crippen molar-refractivity contribution in [2.75, 3.05) is 31.8 Å². The molecule has 0 bridgehead atoms. The van der Waals surface area contributed by atoms with Crippen molar-refractivity contribution in [2.45, 2.75) is 11.8 Å². The number of esters is 1. The van der Waals surface area contributed by atoms with Crippen molar-refractivity contribution in [2.24, 2.45) is 5.14 Å². The number of anilines is 2. The predicted molar refractivity (Wildman–Crippen MR) is 116 cm³/mol. The molecule has 1 aromatic heterocycles. The van der Waals surface area contributed by atoms with Gasteiger partial charge in [0.15, 0.2) is 5.11 Å². The second-order valence-corrected chi connectivity index (χ2v) is 9.09. The Hall–Kier alpha value is -2.54. The Morgan fingerprint density at radius 1 is 1.17 bits per heavy atom. The van der Waals surface area contributed by atoms with Crippen LogP contribution in [-0.4, -0.2) is 51.5 Å². The molecule has 9 nitrogen and oxygen atoms in total. The molecule has 0 saturated carbocycles. The van der Waals surface area contributed by atoms with Crippen molar-refractivity contribution in [3.8, 4) is 0 Å². The van der Waals surface area contributed by atoms with Gasteiger partial charge in [-0.1, -0.05) is 0 Å². The average molecular weight is 457 g/mol. The summed E-state index contributed by atoms with van der Waals surface area (Å²) in [6, 6.07) is 5.66. The highest BCUT2D eigenvalue weighted by molar-refractivity contribution is 7.89. The number of methoxy groups -OCH3 is 1. The first-order valence-corrected chi connectivity index (χ1v) is 10.9. The molecule has 12 heteroatoms. The van der Waals surface area contributed by atoms with Gasteiger partial charge < -0.3 is 20.3 Å². The number of hydrogen-bond acceptors (Lipinski definition) is 7. The zero-order chi connectivity index (χ0) is 21.9. The van der Waals surface area contributed by atoms with Gasteiger partial charge >= 0.3 is 5.97 Å². The smallest absolute Gasteiger partial charge is 0.341 e. The van der Waals surface area contributed by atoms with Crippen LogP contribution in [0.15, 0.2) is 29.2 Å². The number of nitrogens with zero attached hydrogens (tertiary/aromatic N) is 1. The van der Waals surface area contributed by atoms with Crippen LogP contribution in [0.1, 0.15) is 25.6 Å². The fourth-order valence-electron chi connectivity index (χ4n) is 2.35. The fourth-order valence-corrected chi connectivity index (χ4v) is 4.37. The Labute approximate surface area is 177 Å². The van der Waals surface area contributed by atoms with Crippen LogP contribution >= 0.6 is 23.6 Å². The summed E-state index contributed by atoms with van der Waals surface area (Å²) in [4.78, 5) is 26.4. The topological polar surface area (TPSA) is 131 Å². The molecule has 0 aliphatic carbocycles. The second-order valence-electron chi connectivity index (χ2n) is 6.10. The first-order chi connectivity index (χ1) is 13.5. The molecular formula is C17H20N4O5S3. The number of nitrogens with two attached hydrogens (primary N) is 1. The van der Waals surface area contributed by atoms with E-state index in [2.05, 4.69) is 10.6 Å². The SMILES string of the molecule is COC(=O)c1c(NC(=S)Nc2ccc(S(N)(=O)=O)cc2)sc(C(=O)N(C)C)c1C. The third kappa shape index (κ3) is 5.29. The second kappa shape index (κ2) is 8.86. The van der Waals surface area contributed by atoms with Gasteiger partial charge in [-0.05, 0) is 49.0 Å². The Balaban J connectivity index is 2.28. The van der Waals surface area contributed by atoms with Gasteiger partial charge in [-0.15, -0.1) is 11.3 Å². The number of hydrogen-bond donors (Lipinski definition) is 3. The van der Waals surface area contributed by atoms with Crippen LogP contribution < -0.4 is 15.8 Å². The van der Waals surface area contributed by atoms with Crippen molar-refractivity contribution in [1.82, 2.24) is 4.90 Å². The van der Waals surface area contributed by atoms with E-state index in [1.807, 2.05) is 0 Å². The highest BCUT2D eigenvalue weighted by Crippen LogP contribution is 2.34. The van der Waals surface area contributed by atoms with E-state index in [0.29, 0.717) is 21.1 Å². The lowest BCUT2D eigenvalue weighted by Gasteiger charge is -2.11. The van der Waals surface area contributed by atoms with Crippen LogP contribution in [0.4, 0.5) is 10.7 Å². The van der Waals surface area contributed by atoms with Crippen molar-refractivity contribution in [3.63, 3.8) is 0 Å². The summed E-state index contributed by atoms with van der Waals surface area (Å²) in [6.45, 7) is 1.66. The molecule has 1 heterocycles. The molecule has 0 aliphatic rings. The minimum Gasteiger partial charge on any atom is -0.465 e. The average Bonchev–Trinajstić information content (AvgIpc) is 2.95. The molecule has 1 amide bonds. The lowest BCUT2D eigenvalue weighted by atomic mass is 10.1. The number of thiocarbonyl (C=S) groups is 1. The zero-order valence-corrected chi connectivity index (χ0v) is 18.5. The summed E-state index contributed by atoms with van der Waals surface area (Å²) in [5.74, 6) is -0.845. The molecule has 0 radical (unpaired) electrons. The number of sulfonamides is 1. The van der Waals surface area contributed by atoms with E-state index in [-0.39, 0.29) is 21.5 Å². The molecule has 0 atom stereocenters. The largest absolute Gasteiger partial charge is 0.465 e. The van der Waals surface area contributed by atoms with E-state index in [1.165, 1.54) is 36.3 Å². The van der Waals surface area contributed by atoms with Gasteiger partial charge in [0.25, 0.3) is 5.91 Å². The summed E-state index contributed by atoms with van der Waals surface area (Å²) in [5.41, 5.74) is 1.21. The highest BCUT2D eigenvalue weighted by Gasteiger charge is 2.26. The monoisotopic (exact) mass is 456 g/mol. The Bertz CT molecular complexity index is 1060. The van der Waals surface area contributed by atoms with Gasteiger partial charge in [-0.3, -0.25) is 4.79 Å². The molecule has 0 spiro atoms. The maximum absolute atomic E-state index is 12.4. The summed E-state index contributed by atoms with van der Waals surface area (Å²) >= 11 is 6.36. The Morgan fingerprint density at radius 2 is 1.76 bits per heavy atom. The zero-order valence-electron chi connectivity index (χ0n) is 16.1. The molecule has 1 aromatic carbocycles. The summed E-state index contributed by atoms with van der Waals surface area (Å²) in [5, 5.41) is 11.3. The lowest BCUT2D eigenvalue weighted by Crippen LogP contribution is -2.21. The van der Waals surface area contributed by atoms with Gasteiger partial charge in [0, 0.05) is 19.8 Å². The molecule has 0 fully saturated rings. The van der Waals surface area contributed by atoms with Gasteiger partial charge in [-0.25, -0.2) is 18.4 Å². The van der Waals surface area contributed by atoms with Crippen LogP contribution in [0.5, 0.6) is 0 Å². The van der Waals surface area contributed by atoms with Gasteiger partial charge in [0.1, 0.15) is 5.00 Å². The standard InChI is InChI=1S/C17H20N4O5S3/c1-9-12(16(23)26-4)14(28-13(9)15(22)21(2)3)20-17(27)19-10-5-7-11(8-6-10)29(18,24)25/h5-8H,1-4H3,(H2,18,24,25)(H2,19,20,27). The van der Waals surface area contributed by atoms with Crippen LogP contribution in [-0.2, 0) is 14.8 Å². The number of amides is 1. The summed E-state index contributed by atoms with van der Waals surface area (Å²) in [7, 11) is 0.686. The van der Waals surface area contributed by atoms with Crippen molar-refractivity contribution < 1.29 is 22.7 Å². The Morgan fingerprint density at radius 3 is 2.24 bits per heavy atom. The molecule has 0 saturated heterocycles. The maximum Gasteiger partial charge on any atom is 0.341 e. The number of primary sulfonamides is 1. The molecule has 0 unspecified atom stereocenters. The number of carbonyl (C=O) groups is 2. The minimum absolute atomic E-state index is 0.0318. The number of ether oxygens (including phenoxy) is 1. The lowest BCUT2D eigenvalue weighted by molar-refractivity contribution is 0.0601. The van der Waals surface area contributed by atoms with E-state index < -0.39 is 16.0 Å². The number of rotatable bonds is 5. The van der Waals surface area contributed by atoms with E-state index in [4.69, 9.17) is 22.1 Å².